The van der Waals surface area contributed by atoms with Crippen molar-refractivity contribution in [2.45, 2.75) is 6.35 Å². The van der Waals surface area contributed by atoms with E-state index in [1.807, 2.05) is 0 Å². The van der Waals surface area contributed by atoms with Crippen LogP contribution < -0.4 is 16.3 Å². The summed E-state index contributed by atoms with van der Waals surface area (Å²) in [5.41, 5.74) is 6.13. The largest absolute Gasteiger partial charge is 0.399 e. The standard InChI is InChI=1S/C8H9N3O2/c9-6-1-2-7-5(3-6)4-11(13)8(12)10-7/h1-4,8,12-13H,9H2. The van der Waals surface area contributed by atoms with Gasteiger partial charge in [-0.05, 0) is 18.2 Å². The maximum absolute atomic E-state index is 9.14. The molecule has 0 aromatic heterocycles. The van der Waals surface area contributed by atoms with Gasteiger partial charge in [0.25, 0.3) is 0 Å². The Morgan fingerprint density at radius 1 is 1.46 bits per heavy atom. The van der Waals surface area contributed by atoms with Gasteiger partial charge in [0.2, 0.25) is 6.35 Å². The SMILES string of the molecule is Nc1ccc2c(c1)=CN(O)C(O)N=2. The molecule has 0 aliphatic carbocycles. The lowest BCUT2D eigenvalue weighted by Crippen LogP contribution is -2.40. The zero-order valence-electron chi connectivity index (χ0n) is 6.75. The topological polar surface area (TPSA) is 82.1 Å². The van der Waals surface area contributed by atoms with Gasteiger partial charge in [-0.25, -0.2) is 10.1 Å². The number of nitrogens with two attached hydrogens (primary N) is 1. The van der Waals surface area contributed by atoms with E-state index < -0.39 is 6.35 Å². The number of nitrogens with zero attached hydrogens (tertiary/aromatic N) is 2. The monoisotopic (exact) mass is 179 g/mol. The molecule has 1 aliphatic heterocycles. The van der Waals surface area contributed by atoms with E-state index in [4.69, 9.17) is 16.0 Å². The number of rotatable bonds is 0. The highest BCUT2D eigenvalue weighted by atomic mass is 16.5. The minimum Gasteiger partial charge on any atom is -0.399 e. The first-order valence-electron chi connectivity index (χ1n) is 3.77. The molecule has 0 saturated carbocycles. The maximum Gasteiger partial charge on any atom is 0.248 e. The molecule has 1 heterocycles. The Balaban J connectivity index is 2.70. The first-order chi connectivity index (χ1) is 6.16. The number of aliphatic hydroxyl groups excluding tert-OH is 1. The van der Waals surface area contributed by atoms with Crippen LogP contribution in [0.2, 0.25) is 0 Å². The van der Waals surface area contributed by atoms with Gasteiger partial charge in [-0.1, -0.05) is 0 Å². The van der Waals surface area contributed by atoms with Gasteiger partial charge in [0.05, 0.1) is 5.36 Å². The third-order valence-electron chi connectivity index (χ3n) is 1.81. The highest BCUT2D eigenvalue weighted by Crippen LogP contribution is 1.98. The highest BCUT2D eigenvalue weighted by molar-refractivity contribution is 5.40. The van der Waals surface area contributed by atoms with Crippen LogP contribution in [0.5, 0.6) is 0 Å². The van der Waals surface area contributed by atoms with Crippen LogP contribution >= 0.6 is 0 Å². The third-order valence-corrected chi connectivity index (χ3v) is 1.81. The number of anilines is 1. The zero-order valence-corrected chi connectivity index (χ0v) is 6.75. The summed E-state index contributed by atoms with van der Waals surface area (Å²) in [5.74, 6) is 0. The number of hydrogen-bond donors (Lipinski definition) is 3. The summed E-state index contributed by atoms with van der Waals surface area (Å²) in [5, 5.41) is 20.2. The van der Waals surface area contributed by atoms with Crippen molar-refractivity contribution in [3.05, 3.63) is 28.8 Å². The van der Waals surface area contributed by atoms with Crippen molar-refractivity contribution in [3.8, 4) is 0 Å². The van der Waals surface area contributed by atoms with Crippen molar-refractivity contribution >= 4 is 11.9 Å². The van der Waals surface area contributed by atoms with Crippen LogP contribution in [-0.4, -0.2) is 21.7 Å². The first kappa shape index (κ1) is 8.03. The second-order valence-corrected chi connectivity index (χ2v) is 2.80. The van der Waals surface area contributed by atoms with Crippen molar-refractivity contribution in [3.63, 3.8) is 0 Å². The second-order valence-electron chi connectivity index (χ2n) is 2.80. The summed E-state index contributed by atoms with van der Waals surface area (Å²) in [6, 6.07) is 5.06. The van der Waals surface area contributed by atoms with Gasteiger partial charge in [-0.3, -0.25) is 5.21 Å². The van der Waals surface area contributed by atoms with E-state index in [1.165, 1.54) is 6.20 Å². The van der Waals surface area contributed by atoms with E-state index in [9.17, 15) is 0 Å². The first-order valence-corrected chi connectivity index (χ1v) is 3.77. The molecule has 1 aromatic carbocycles. The Hall–Kier alpha value is -1.59. The molecule has 0 fully saturated rings. The van der Waals surface area contributed by atoms with E-state index in [0.717, 1.165) is 0 Å². The lowest BCUT2D eigenvalue weighted by Gasteiger charge is -2.18. The van der Waals surface area contributed by atoms with Gasteiger partial charge in [-0.2, -0.15) is 0 Å². The van der Waals surface area contributed by atoms with Gasteiger partial charge < -0.3 is 10.8 Å². The summed E-state index contributed by atoms with van der Waals surface area (Å²) >= 11 is 0. The predicted octanol–water partition coefficient (Wildman–Crippen LogP) is -1.39. The molecule has 0 amide bonds. The molecular weight excluding hydrogens is 170 g/mol. The van der Waals surface area contributed by atoms with Gasteiger partial charge in [-0.15, -0.1) is 0 Å². The average molecular weight is 179 g/mol. The van der Waals surface area contributed by atoms with E-state index in [-0.39, 0.29) is 0 Å². The van der Waals surface area contributed by atoms with Gasteiger partial charge in [0.1, 0.15) is 0 Å². The Labute approximate surface area is 74.0 Å². The zero-order chi connectivity index (χ0) is 9.42. The molecule has 13 heavy (non-hydrogen) atoms. The Morgan fingerprint density at radius 2 is 2.23 bits per heavy atom. The number of nitrogen functional groups attached to an aromatic ring is 1. The number of hydrogen-bond acceptors (Lipinski definition) is 5. The number of hydroxylamine groups is 2. The molecule has 1 unspecified atom stereocenters. The molecule has 0 saturated heterocycles. The van der Waals surface area contributed by atoms with Crippen LogP contribution in [0.4, 0.5) is 5.69 Å². The molecule has 2 rings (SSSR count). The summed E-state index contributed by atoms with van der Waals surface area (Å²) in [6.07, 6.45) is 0.153. The normalized spacial score (nSPS) is 20.2. The quantitative estimate of drug-likeness (QED) is 0.428. The molecule has 1 aliphatic rings. The summed E-state index contributed by atoms with van der Waals surface area (Å²) in [7, 11) is 0. The summed E-state index contributed by atoms with van der Waals surface area (Å²) in [6.45, 7) is 0. The van der Waals surface area contributed by atoms with Crippen LogP contribution in [0.25, 0.3) is 6.20 Å². The minimum absolute atomic E-state index is 0.593. The van der Waals surface area contributed by atoms with E-state index in [0.29, 0.717) is 21.3 Å². The lowest BCUT2D eigenvalue weighted by molar-refractivity contribution is -0.141. The maximum atomic E-state index is 9.14. The average Bonchev–Trinajstić information content (AvgIpc) is 2.08. The van der Waals surface area contributed by atoms with Crippen molar-refractivity contribution < 1.29 is 10.3 Å². The molecule has 1 aromatic rings. The van der Waals surface area contributed by atoms with Gasteiger partial charge in [0, 0.05) is 17.1 Å². The summed E-state index contributed by atoms with van der Waals surface area (Å²) in [4.78, 5) is 3.81. The van der Waals surface area contributed by atoms with Crippen molar-refractivity contribution in [1.29, 1.82) is 0 Å². The molecule has 0 radical (unpaired) electrons. The molecule has 1 atom stereocenters. The fourth-order valence-electron chi connectivity index (χ4n) is 1.19. The molecule has 0 bridgehead atoms. The van der Waals surface area contributed by atoms with E-state index in [2.05, 4.69) is 4.99 Å². The minimum atomic E-state index is -1.23. The van der Waals surface area contributed by atoms with E-state index in [1.54, 1.807) is 18.2 Å². The molecular formula is C8H9N3O2. The Kier molecular flexibility index (Phi) is 1.68. The highest BCUT2D eigenvalue weighted by Gasteiger charge is 2.10. The summed E-state index contributed by atoms with van der Waals surface area (Å²) < 4.78 is 0. The number of fused-ring (bicyclic) bond motifs is 1. The van der Waals surface area contributed by atoms with Crippen molar-refractivity contribution in [2.75, 3.05) is 5.73 Å². The van der Waals surface area contributed by atoms with Gasteiger partial charge >= 0.3 is 0 Å². The van der Waals surface area contributed by atoms with Gasteiger partial charge in [0.15, 0.2) is 0 Å². The van der Waals surface area contributed by atoms with Crippen LogP contribution in [0, 0.1) is 0 Å². The van der Waals surface area contributed by atoms with E-state index >= 15 is 0 Å². The Bertz CT molecular complexity index is 443. The molecule has 68 valence electrons. The lowest BCUT2D eigenvalue weighted by atomic mass is 10.2. The fourth-order valence-corrected chi connectivity index (χ4v) is 1.19. The predicted molar refractivity (Wildman–Crippen MR) is 45.7 cm³/mol. The molecule has 4 N–H and O–H groups in total. The van der Waals surface area contributed by atoms with Crippen molar-refractivity contribution in [1.82, 2.24) is 5.06 Å². The van der Waals surface area contributed by atoms with Crippen LogP contribution in [0.1, 0.15) is 0 Å². The molecule has 5 heteroatoms. The molecule has 0 spiro atoms. The van der Waals surface area contributed by atoms with Crippen LogP contribution in [0.15, 0.2) is 23.2 Å². The second kappa shape index (κ2) is 2.72. The van der Waals surface area contributed by atoms with Crippen molar-refractivity contribution in [2.24, 2.45) is 4.99 Å². The van der Waals surface area contributed by atoms with Crippen LogP contribution in [-0.2, 0) is 0 Å². The molecule has 5 nitrogen and oxygen atoms in total. The Morgan fingerprint density at radius 3 is 3.00 bits per heavy atom. The van der Waals surface area contributed by atoms with Crippen LogP contribution in [0.3, 0.4) is 0 Å². The number of benzene rings is 1. The number of aliphatic hydroxyl groups is 1. The fraction of sp³-hybridized carbons (Fsp3) is 0.125. The smallest absolute Gasteiger partial charge is 0.248 e. The third kappa shape index (κ3) is 1.34.